The van der Waals surface area contributed by atoms with Crippen molar-refractivity contribution in [3.05, 3.63) is 47.6 Å². The van der Waals surface area contributed by atoms with Crippen LogP contribution in [0.3, 0.4) is 0 Å². The first-order valence-corrected chi connectivity index (χ1v) is 8.26. The van der Waals surface area contributed by atoms with Crippen molar-refractivity contribution < 1.29 is 4.79 Å². The summed E-state index contributed by atoms with van der Waals surface area (Å²) in [6.07, 6.45) is 1.47. The Morgan fingerprint density at radius 1 is 1.24 bits per heavy atom. The van der Waals surface area contributed by atoms with Gasteiger partial charge in [-0.05, 0) is 30.5 Å². The van der Waals surface area contributed by atoms with Crippen LogP contribution in [0, 0.1) is 6.92 Å². The van der Waals surface area contributed by atoms with Gasteiger partial charge in [-0.3, -0.25) is 4.79 Å². The third-order valence-electron chi connectivity index (χ3n) is 2.91. The molecule has 0 bridgehead atoms. The number of amides is 1. The molecule has 0 radical (unpaired) electrons. The van der Waals surface area contributed by atoms with Crippen LogP contribution in [0.1, 0.15) is 5.56 Å². The molecule has 1 amide bonds. The molecule has 1 aromatic carbocycles. The van der Waals surface area contributed by atoms with Crippen LogP contribution in [0.2, 0.25) is 0 Å². The summed E-state index contributed by atoms with van der Waals surface area (Å²) in [6.45, 7) is 2.04. The second-order valence-electron chi connectivity index (χ2n) is 4.51. The first kappa shape index (κ1) is 14.0. The Bertz CT molecular complexity index is 768. The number of benzene rings is 1. The van der Waals surface area contributed by atoms with E-state index in [-0.39, 0.29) is 5.91 Å². The zero-order valence-electron chi connectivity index (χ0n) is 11.4. The molecule has 0 aliphatic carbocycles. The summed E-state index contributed by atoms with van der Waals surface area (Å²) in [7, 11) is 0. The van der Waals surface area contributed by atoms with E-state index in [1.54, 1.807) is 0 Å². The van der Waals surface area contributed by atoms with Gasteiger partial charge >= 0.3 is 0 Å². The van der Waals surface area contributed by atoms with Crippen molar-refractivity contribution >= 4 is 45.0 Å². The van der Waals surface area contributed by atoms with E-state index in [9.17, 15) is 4.79 Å². The van der Waals surface area contributed by atoms with Crippen molar-refractivity contribution in [2.75, 3.05) is 11.1 Å². The first-order valence-electron chi connectivity index (χ1n) is 6.40. The molecule has 0 atom stereocenters. The molecule has 3 rings (SSSR count). The van der Waals surface area contributed by atoms with Crippen LogP contribution in [0.5, 0.6) is 0 Å². The molecule has 0 spiro atoms. The molecule has 0 fully saturated rings. The van der Waals surface area contributed by atoms with Crippen LogP contribution in [-0.2, 0) is 4.79 Å². The molecule has 2 heterocycles. The smallest absolute Gasteiger partial charge is 0.235 e. The minimum absolute atomic E-state index is 0.0632. The Balaban J connectivity index is 1.64. The highest BCUT2D eigenvalue weighted by Gasteiger charge is 2.09. The van der Waals surface area contributed by atoms with Crippen LogP contribution < -0.4 is 5.32 Å². The normalized spacial score (nSPS) is 10.7. The minimum Gasteiger partial charge on any atom is -0.309 e. The van der Waals surface area contributed by atoms with Crippen LogP contribution in [0.15, 0.2) is 46.9 Å². The van der Waals surface area contributed by atoms with Crippen molar-refractivity contribution in [2.45, 2.75) is 11.8 Å². The minimum atomic E-state index is -0.0632. The maximum atomic E-state index is 12.0. The average Bonchev–Trinajstić information content (AvgIpc) is 2.96. The van der Waals surface area contributed by atoms with E-state index in [4.69, 9.17) is 0 Å². The lowest BCUT2D eigenvalue weighted by Crippen LogP contribution is -2.15. The molecule has 0 aliphatic rings. The second kappa shape index (κ2) is 6.24. The van der Waals surface area contributed by atoms with Crippen molar-refractivity contribution in [1.29, 1.82) is 0 Å². The summed E-state index contributed by atoms with van der Waals surface area (Å²) in [5.74, 6) is 0.876. The predicted octanol–water partition coefficient (Wildman–Crippen LogP) is 3.73. The molecule has 0 unspecified atom stereocenters. The van der Waals surface area contributed by atoms with Gasteiger partial charge in [0.15, 0.2) is 0 Å². The van der Waals surface area contributed by atoms with E-state index in [0.717, 1.165) is 15.1 Å². The van der Waals surface area contributed by atoms with Gasteiger partial charge in [-0.25, -0.2) is 9.97 Å². The highest BCUT2D eigenvalue weighted by atomic mass is 32.2. The van der Waals surface area contributed by atoms with E-state index < -0.39 is 0 Å². The Hall–Kier alpha value is -1.92. The highest BCUT2D eigenvalue weighted by Crippen LogP contribution is 2.24. The number of hydrogen-bond acceptors (Lipinski definition) is 5. The van der Waals surface area contributed by atoms with Gasteiger partial charge in [0.2, 0.25) is 5.91 Å². The van der Waals surface area contributed by atoms with Crippen LogP contribution in [0.4, 0.5) is 5.82 Å². The zero-order chi connectivity index (χ0) is 14.7. The quantitative estimate of drug-likeness (QED) is 0.745. The van der Waals surface area contributed by atoms with Gasteiger partial charge in [-0.1, -0.05) is 17.7 Å². The molecule has 4 nitrogen and oxygen atoms in total. The fourth-order valence-electron chi connectivity index (χ4n) is 1.84. The van der Waals surface area contributed by atoms with Crippen LogP contribution >= 0.6 is 23.1 Å². The van der Waals surface area contributed by atoms with Crippen molar-refractivity contribution in [3.8, 4) is 0 Å². The van der Waals surface area contributed by atoms with E-state index in [0.29, 0.717) is 11.6 Å². The maximum Gasteiger partial charge on any atom is 0.235 e. The van der Waals surface area contributed by atoms with Gasteiger partial charge in [0, 0.05) is 4.90 Å². The van der Waals surface area contributed by atoms with Gasteiger partial charge in [-0.2, -0.15) is 0 Å². The third-order valence-corrected chi connectivity index (χ3v) is 4.74. The molecule has 0 saturated carbocycles. The summed E-state index contributed by atoms with van der Waals surface area (Å²) >= 11 is 3.04. The third kappa shape index (κ3) is 3.40. The first-order chi connectivity index (χ1) is 10.2. The van der Waals surface area contributed by atoms with E-state index in [1.807, 2.05) is 42.6 Å². The van der Waals surface area contributed by atoms with Gasteiger partial charge in [-0.15, -0.1) is 23.1 Å². The molecule has 106 valence electrons. The number of carbonyl (C=O) groups excluding carboxylic acids is 1. The number of carbonyl (C=O) groups is 1. The Morgan fingerprint density at radius 3 is 2.86 bits per heavy atom. The number of anilines is 1. The summed E-state index contributed by atoms with van der Waals surface area (Å²) in [5, 5.41) is 5.67. The second-order valence-corrected chi connectivity index (χ2v) is 6.45. The lowest BCUT2D eigenvalue weighted by Gasteiger charge is -2.05. The molecule has 1 N–H and O–H groups in total. The number of hydrogen-bond donors (Lipinski definition) is 1. The summed E-state index contributed by atoms with van der Waals surface area (Å²) in [5.41, 5.74) is 1.21. The number of aromatic nitrogens is 2. The molecule has 6 heteroatoms. The van der Waals surface area contributed by atoms with Gasteiger partial charge in [0.1, 0.15) is 17.0 Å². The number of thiophene rings is 1. The lowest BCUT2D eigenvalue weighted by molar-refractivity contribution is -0.113. The summed E-state index contributed by atoms with van der Waals surface area (Å²) in [4.78, 5) is 22.3. The van der Waals surface area contributed by atoms with Gasteiger partial charge in [0.25, 0.3) is 0 Å². The zero-order valence-corrected chi connectivity index (χ0v) is 13.0. The van der Waals surface area contributed by atoms with Crippen LogP contribution in [0.25, 0.3) is 10.2 Å². The van der Waals surface area contributed by atoms with E-state index >= 15 is 0 Å². The van der Waals surface area contributed by atoms with E-state index in [2.05, 4.69) is 15.3 Å². The summed E-state index contributed by atoms with van der Waals surface area (Å²) < 4.78 is 0. The Labute approximate surface area is 130 Å². The topological polar surface area (TPSA) is 54.9 Å². The number of nitrogens with zero attached hydrogens (tertiary/aromatic N) is 2. The lowest BCUT2D eigenvalue weighted by atomic mass is 10.2. The maximum absolute atomic E-state index is 12.0. The van der Waals surface area contributed by atoms with Crippen molar-refractivity contribution in [3.63, 3.8) is 0 Å². The fraction of sp³-hybridized carbons (Fsp3) is 0.133. The average molecular weight is 315 g/mol. The van der Waals surface area contributed by atoms with Gasteiger partial charge < -0.3 is 5.32 Å². The number of nitrogens with one attached hydrogen (secondary N) is 1. The number of fused-ring (bicyclic) bond motifs is 1. The van der Waals surface area contributed by atoms with Crippen molar-refractivity contribution in [1.82, 2.24) is 9.97 Å². The molecule has 21 heavy (non-hydrogen) atoms. The van der Waals surface area contributed by atoms with Crippen molar-refractivity contribution in [2.24, 2.45) is 0 Å². The molecule has 0 aliphatic heterocycles. The molecular formula is C15H13N3OS2. The predicted molar refractivity (Wildman–Crippen MR) is 87.9 cm³/mol. The number of aryl methyl sites for hydroxylation is 1. The Kier molecular flexibility index (Phi) is 4.17. The number of rotatable bonds is 4. The van der Waals surface area contributed by atoms with E-state index in [1.165, 1.54) is 35.0 Å². The highest BCUT2D eigenvalue weighted by molar-refractivity contribution is 8.00. The molecule has 3 aromatic rings. The van der Waals surface area contributed by atoms with Gasteiger partial charge in [0.05, 0.1) is 11.1 Å². The fourth-order valence-corrected chi connectivity index (χ4v) is 3.27. The molecule has 0 saturated heterocycles. The monoisotopic (exact) mass is 315 g/mol. The summed E-state index contributed by atoms with van der Waals surface area (Å²) in [6, 6.07) is 10.0. The molecule has 2 aromatic heterocycles. The standard InChI is InChI=1S/C15H13N3OS2/c1-10-2-4-11(5-3-10)21-8-13(19)18-14-12-6-7-20-15(12)17-9-16-14/h2-7,9H,8H2,1H3,(H,16,17,18,19). The molecular weight excluding hydrogens is 302 g/mol. The Morgan fingerprint density at radius 2 is 2.05 bits per heavy atom. The number of thioether (sulfide) groups is 1. The van der Waals surface area contributed by atoms with Crippen LogP contribution in [-0.4, -0.2) is 21.6 Å². The largest absolute Gasteiger partial charge is 0.309 e. The SMILES string of the molecule is Cc1ccc(SCC(=O)Nc2ncnc3sccc23)cc1.